The summed E-state index contributed by atoms with van der Waals surface area (Å²) in [5.74, 6) is -0.101. The topological polar surface area (TPSA) is 55.9 Å². The van der Waals surface area contributed by atoms with Crippen molar-refractivity contribution >= 4 is 41.2 Å². The summed E-state index contributed by atoms with van der Waals surface area (Å²) in [6.07, 6.45) is 3.48. The van der Waals surface area contributed by atoms with Crippen LogP contribution in [-0.2, 0) is 17.8 Å². The number of carbonyl (C=O) groups excluding carboxylic acids is 2. The van der Waals surface area contributed by atoms with Gasteiger partial charge >= 0.3 is 0 Å². The highest BCUT2D eigenvalue weighted by molar-refractivity contribution is 7.99. The van der Waals surface area contributed by atoms with Crippen LogP contribution < -0.4 is 14.5 Å². The number of piperazine rings is 1. The van der Waals surface area contributed by atoms with Gasteiger partial charge in [0.05, 0.1) is 17.8 Å². The van der Waals surface area contributed by atoms with Crippen LogP contribution in [-0.4, -0.2) is 56.6 Å². The molecule has 6 nitrogen and oxygen atoms in total. The summed E-state index contributed by atoms with van der Waals surface area (Å²) in [7, 11) is 2.14. The number of anilines is 3. The molecule has 0 atom stereocenters. The Bertz CT molecular complexity index is 1720. The number of carbonyl (C=O) groups is 2. The Hall–Kier alpha value is -4.07. The number of amides is 1. The lowest BCUT2D eigenvalue weighted by molar-refractivity contribution is -0.107. The molecule has 226 valence electrons. The second kappa shape index (κ2) is 12.5. The van der Waals surface area contributed by atoms with Crippen molar-refractivity contribution in [2.24, 2.45) is 0 Å². The van der Waals surface area contributed by atoms with Gasteiger partial charge in [-0.15, -0.1) is 0 Å². The molecule has 0 bridgehead atoms. The monoisotopic (exact) mass is 604 g/mol. The molecule has 1 amide bonds. The van der Waals surface area contributed by atoms with E-state index in [4.69, 9.17) is 0 Å². The van der Waals surface area contributed by atoms with E-state index in [1.807, 2.05) is 24.3 Å². The molecule has 0 spiro atoms. The van der Waals surface area contributed by atoms with Crippen LogP contribution >= 0.6 is 11.9 Å². The average molecular weight is 605 g/mol. The first-order valence-electron chi connectivity index (χ1n) is 15.3. The molecule has 4 aromatic rings. The summed E-state index contributed by atoms with van der Waals surface area (Å²) in [5.41, 5.74) is 13.9. The Morgan fingerprint density at radius 3 is 2.34 bits per heavy atom. The lowest BCUT2D eigenvalue weighted by Gasteiger charge is -2.36. The maximum absolute atomic E-state index is 13.8. The van der Waals surface area contributed by atoms with Gasteiger partial charge in [0.1, 0.15) is 6.29 Å². The SMILES string of the molecule is CSN1Cc2ccc(NC(=O)c3ccccc3N3CCN(C)CC3)cc2-c2c(C)c(-c3ccc(C)cc3)c(CC=O)c(C)c21. The molecule has 0 saturated carbocycles. The average Bonchev–Trinajstić information content (AvgIpc) is 3.04. The van der Waals surface area contributed by atoms with Crippen LogP contribution in [0.1, 0.15) is 38.2 Å². The summed E-state index contributed by atoms with van der Waals surface area (Å²) < 4.78 is 2.33. The first-order valence-corrected chi connectivity index (χ1v) is 16.4. The van der Waals surface area contributed by atoms with Crippen LogP contribution in [0.2, 0.25) is 0 Å². The highest BCUT2D eigenvalue weighted by atomic mass is 32.2. The van der Waals surface area contributed by atoms with E-state index in [0.717, 1.165) is 95.0 Å². The number of aryl methyl sites for hydroxylation is 1. The van der Waals surface area contributed by atoms with E-state index in [0.29, 0.717) is 12.0 Å². The highest BCUT2D eigenvalue weighted by Gasteiger charge is 2.30. The second-order valence-electron chi connectivity index (χ2n) is 11.9. The number of rotatable bonds is 7. The van der Waals surface area contributed by atoms with Crippen LogP contribution in [0.5, 0.6) is 0 Å². The van der Waals surface area contributed by atoms with E-state index in [2.05, 4.69) is 96.0 Å². The summed E-state index contributed by atoms with van der Waals surface area (Å²) in [6.45, 7) is 10.9. The predicted molar refractivity (Wildman–Crippen MR) is 185 cm³/mol. The van der Waals surface area contributed by atoms with Crippen molar-refractivity contribution in [1.29, 1.82) is 0 Å². The minimum Gasteiger partial charge on any atom is -0.368 e. The maximum atomic E-state index is 13.8. The lowest BCUT2D eigenvalue weighted by Crippen LogP contribution is -2.45. The Balaban J connectivity index is 1.43. The number of fused-ring (bicyclic) bond motifs is 3. The number of para-hydroxylation sites is 1. The Labute approximate surface area is 265 Å². The van der Waals surface area contributed by atoms with Gasteiger partial charge in [-0.3, -0.25) is 4.79 Å². The predicted octanol–water partition coefficient (Wildman–Crippen LogP) is 7.29. The molecule has 0 radical (unpaired) electrons. The molecule has 2 heterocycles. The number of likely N-dealkylation sites (N-methyl/N-ethyl adjacent to an activating group) is 1. The minimum absolute atomic E-state index is 0.101. The molecule has 4 aromatic carbocycles. The highest BCUT2D eigenvalue weighted by Crippen LogP contribution is 2.50. The van der Waals surface area contributed by atoms with Crippen molar-refractivity contribution in [1.82, 2.24) is 4.90 Å². The van der Waals surface area contributed by atoms with E-state index >= 15 is 0 Å². The molecule has 1 fully saturated rings. The van der Waals surface area contributed by atoms with Crippen LogP contribution in [0.25, 0.3) is 22.3 Å². The zero-order valence-corrected chi connectivity index (χ0v) is 27.1. The second-order valence-corrected chi connectivity index (χ2v) is 12.7. The third-order valence-electron chi connectivity index (χ3n) is 9.14. The summed E-state index contributed by atoms with van der Waals surface area (Å²) in [5, 5.41) is 3.23. The van der Waals surface area contributed by atoms with Gasteiger partial charge in [-0.05, 0) is 91.0 Å². The van der Waals surface area contributed by atoms with E-state index in [9.17, 15) is 9.59 Å². The number of hydrogen-bond donors (Lipinski definition) is 1. The first kappa shape index (κ1) is 30.0. The van der Waals surface area contributed by atoms with Crippen molar-refractivity contribution in [3.8, 4) is 22.3 Å². The first-order chi connectivity index (χ1) is 21.3. The van der Waals surface area contributed by atoms with Crippen LogP contribution in [0.4, 0.5) is 17.1 Å². The summed E-state index contributed by atoms with van der Waals surface area (Å²) in [6, 6.07) is 22.8. The Kier molecular flexibility index (Phi) is 8.52. The number of hydrogen-bond acceptors (Lipinski definition) is 6. The number of aldehydes is 1. The lowest BCUT2D eigenvalue weighted by atomic mass is 9.81. The van der Waals surface area contributed by atoms with Crippen molar-refractivity contribution < 1.29 is 9.59 Å². The molecule has 7 heteroatoms. The smallest absolute Gasteiger partial charge is 0.257 e. The van der Waals surface area contributed by atoms with E-state index in [-0.39, 0.29) is 5.91 Å². The molecular formula is C37H40N4O2S. The zero-order valence-electron chi connectivity index (χ0n) is 26.2. The van der Waals surface area contributed by atoms with Crippen LogP contribution in [0, 0.1) is 20.8 Å². The Morgan fingerprint density at radius 1 is 0.909 bits per heavy atom. The molecular weight excluding hydrogens is 565 g/mol. The van der Waals surface area contributed by atoms with Gasteiger partial charge in [0.2, 0.25) is 0 Å². The van der Waals surface area contributed by atoms with E-state index in [1.54, 1.807) is 11.9 Å². The minimum atomic E-state index is -0.101. The zero-order chi connectivity index (χ0) is 31.0. The molecule has 0 unspecified atom stereocenters. The molecule has 1 saturated heterocycles. The fraction of sp³-hybridized carbons (Fsp3) is 0.297. The molecule has 1 N–H and O–H groups in total. The standard InChI is InChI=1S/C37H40N4O2S/c1-24-10-12-27(13-11-24)34-26(3)35-32-22-29(15-14-28(32)23-41(44-5)36(35)25(2)30(34)16-21-42)38-37(43)31-8-6-7-9-33(31)40-19-17-39(4)18-20-40/h6-15,21-22H,16-20,23H2,1-5H3,(H,38,43). The number of nitrogens with zero attached hydrogens (tertiary/aromatic N) is 3. The van der Waals surface area contributed by atoms with Crippen molar-refractivity contribution in [2.75, 3.05) is 54.0 Å². The maximum Gasteiger partial charge on any atom is 0.257 e. The molecule has 0 aliphatic carbocycles. The van der Waals surface area contributed by atoms with Gasteiger partial charge in [0, 0.05) is 55.8 Å². The van der Waals surface area contributed by atoms with Crippen LogP contribution in [0.3, 0.4) is 0 Å². The van der Waals surface area contributed by atoms with Gasteiger partial charge in [-0.1, -0.05) is 60.0 Å². The molecule has 2 aliphatic rings. The fourth-order valence-corrected chi connectivity index (χ4v) is 7.42. The molecule has 44 heavy (non-hydrogen) atoms. The summed E-state index contributed by atoms with van der Waals surface area (Å²) in [4.78, 5) is 30.3. The van der Waals surface area contributed by atoms with Gasteiger partial charge < -0.3 is 24.2 Å². The van der Waals surface area contributed by atoms with Gasteiger partial charge in [0.15, 0.2) is 0 Å². The van der Waals surface area contributed by atoms with Crippen LogP contribution in [0.15, 0.2) is 66.7 Å². The van der Waals surface area contributed by atoms with E-state index < -0.39 is 0 Å². The van der Waals surface area contributed by atoms with Crippen molar-refractivity contribution in [3.63, 3.8) is 0 Å². The quantitative estimate of drug-likeness (QED) is 0.177. The Morgan fingerprint density at radius 2 is 1.64 bits per heavy atom. The van der Waals surface area contributed by atoms with Gasteiger partial charge in [-0.2, -0.15) is 0 Å². The third-order valence-corrected chi connectivity index (χ3v) is 9.89. The number of benzene rings is 4. The van der Waals surface area contributed by atoms with Gasteiger partial charge in [0.25, 0.3) is 5.91 Å². The summed E-state index contributed by atoms with van der Waals surface area (Å²) >= 11 is 1.70. The number of nitrogens with one attached hydrogen (secondary N) is 1. The fourth-order valence-electron chi connectivity index (χ4n) is 6.74. The normalized spacial score (nSPS) is 14.7. The molecule has 6 rings (SSSR count). The van der Waals surface area contributed by atoms with Crippen molar-refractivity contribution in [3.05, 3.63) is 100 Å². The van der Waals surface area contributed by atoms with E-state index in [1.165, 1.54) is 11.1 Å². The third kappa shape index (κ3) is 5.51. The largest absolute Gasteiger partial charge is 0.368 e. The molecule has 0 aromatic heterocycles. The van der Waals surface area contributed by atoms with Crippen molar-refractivity contribution in [2.45, 2.75) is 33.7 Å². The molecule has 2 aliphatic heterocycles. The van der Waals surface area contributed by atoms with Gasteiger partial charge in [-0.25, -0.2) is 0 Å².